The molecule has 0 saturated heterocycles. The van der Waals surface area contributed by atoms with Gasteiger partial charge in [0, 0.05) is 25.4 Å². The van der Waals surface area contributed by atoms with Crippen LogP contribution in [-0.2, 0) is 19.7 Å². The average Bonchev–Trinajstić information content (AvgIpc) is 4.05. The molecule has 0 spiro atoms. The van der Waals surface area contributed by atoms with Crippen molar-refractivity contribution >= 4 is 35.0 Å². The van der Waals surface area contributed by atoms with E-state index in [1.54, 1.807) is 6.26 Å². The summed E-state index contributed by atoms with van der Waals surface area (Å²) >= 11 is 7.70. The monoisotopic (exact) mass is 864 g/mol. The van der Waals surface area contributed by atoms with Gasteiger partial charge in [-0.3, -0.25) is 4.79 Å². The highest BCUT2D eigenvalue weighted by atomic mass is 35.5. The maximum atomic E-state index is 14.0. The number of carbonyl (C=O) groups is 2. The van der Waals surface area contributed by atoms with Crippen LogP contribution < -0.4 is 0 Å². The highest BCUT2D eigenvalue weighted by Gasteiger charge is 2.66. The molecule has 10 heteroatoms. The minimum atomic E-state index is -0.500. The predicted molar refractivity (Wildman–Crippen MR) is 243 cm³/mol. The number of hydrogen-bond acceptors (Lipinski definition) is 9. The van der Waals surface area contributed by atoms with E-state index in [0.29, 0.717) is 58.5 Å². The van der Waals surface area contributed by atoms with Gasteiger partial charge in [0.15, 0.2) is 5.78 Å². The van der Waals surface area contributed by atoms with Gasteiger partial charge in [0.1, 0.15) is 18.2 Å². The third-order valence-electron chi connectivity index (χ3n) is 15.1. The van der Waals surface area contributed by atoms with Crippen LogP contribution in [0.25, 0.3) is 10.8 Å². The quantitative estimate of drug-likeness (QED) is 0.167. The molecule has 3 aromatic heterocycles. The van der Waals surface area contributed by atoms with Crippen LogP contribution in [0.3, 0.4) is 0 Å². The summed E-state index contributed by atoms with van der Waals surface area (Å²) in [6.45, 7) is 24.1. The predicted octanol–water partition coefficient (Wildman–Crippen LogP) is 13.4. The third kappa shape index (κ3) is 9.06. The normalized spacial score (nSPS) is 32.2. The maximum Gasteiger partial charge on any atom is 0.257 e. The third-order valence-corrected chi connectivity index (χ3v) is 16.3. The Bertz CT molecular complexity index is 1960. The number of halogens is 1. The summed E-state index contributed by atoms with van der Waals surface area (Å²) in [4.78, 5) is 26.6. The van der Waals surface area contributed by atoms with Crippen molar-refractivity contribution in [3.05, 3.63) is 69.5 Å². The Hall–Kier alpha value is -3.01. The highest BCUT2D eigenvalue weighted by molar-refractivity contribution is 7.19. The molecule has 5 aliphatic carbocycles. The Morgan fingerprint density at radius 1 is 1.03 bits per heavy atom. The molecule has 4 fully saturated rings. The molecule has 8 nitrogen and oxygen atoms in total. The van der Waals surface area contributed by atoms with Crippen LogP contribution in [0.4, 0.5) is 0 Å². The topological polar surface area (TPSA) is 116 Å². The lowest BCUT2D eigenvalue weighted by Gasteiger charge is -2.67. The van der Waals surface area contributed by atoms with Gasteiger partial charge in [0.05, 0.1) is 26.7 Å². The number of furan rings is 1. The number of aryl methyl sites for hydroxylation is 1. The van der Waals surface area contributed by atoms with Crippen molar-refractivity contribution in [1.29, 1.82) is 0 Å². The van der Waals surface area contributed by atoms with Gasteiger partial charge in [-0.15, -0.1) is 21.5 Å². The fourth-order valence-corrected chi connectivity index (χ4v) is 13.7. The minimum absolute atomic E-state index is 0.162. The number of fused-ring (bicyclic) bond motifs is 7. The number of Topliss-reactive ketones (excluding diaryl/α,β-unsaturated/α-hetero) is 1. The molecule has 0 aromatic carbocycles. The number of thiophene rings is 1. The molecular formula is C50H73ClN2O6S. The molecular weight excluding hydrogens is 792 g/mol. The number of rotatable bonds is 9. The molecule has 4 saturated carbocycles. The van der Waals surface area contributed by atoms with Gasteiger partial charge in [-0.2, -0.15) is 0 Å². The van der Waals surface area contributed by atoms with Crippen molar-refractivity contribution in [3.63, 3.8) is 0 Å². The van der Waals surface area contributed by atoms with Gasteiger partial charge >= 0.3 is 0 Å². The lowest BCUT2D eigenvalue weighted by atomic mass is 9.38. The smallest absolute Gasteiger partial charge is 0.257 e. The van der Waals surface area contributed by atoms with Crippen molar-refractivity contribution in [2.45, 2.75) is 158 Å². The zero-order valence-corrected chi connectivity index (χ0v) is 40.1. The van der Waals surface area contributed by atoms with Gasteiger partial charge in [0.25, 0.3) is 5.89 Å². The van der Waals surface area contributed by atoms with E-state index in [4.69, 9.17) is 30.3 Å². The molecule has 3 heterocycles. The zero-order valence-electron chi connectivity index (χ0n) is 38.5. The van der Waals surface area contributed by atoms with E-state index in [9.17, 15) is 9.59 Å². The lowest BCUT2D eigenvalue weighted by molar-refractivity contribution is -0.180. The molecule has 9 atom stereocenters. The Kier molecular flexibility index (Phi) is 15.7. The molecule has 3 aromatic rings. The minimum Gasteiger partial charge on any atom is -0.495 e. The van der Waals surface area contributed by atoms with Crippen molar-refractivity contribution in [2.24, 2.45) is 51.8 Å². The average molecular weight is 866 g/mol. The fraction of sp³-hybridized carbons (Fsp3) is 0.680. The first-order valence-corrected chi connectivity index (χ1v) is 23.9. The first-order chi connectivity index (χ1) is 28.6. The van der Waals surface area contributed by atoms with Gasteiger partial charge in [0.2, 0.25) is 5.89 Å². The van der Waals surface area contributed by atoms with Crippen LogP contribution in [0.5, 0.6) is 0 Å². The number of ketones is 1. The Morgan fingerprint density at radius 3 is 2.30 bits per heavy atom. The molecule has 0 radical (unpaired) electrons. The molecule has 1 N–H and O–H groups in total. The number of hydrogen-bond donors (Lipinski definition) is 1. The number of nitrogens with zero attached hydrogens (tertiary/aromatic N) is 2. The van der Waals surface area contributed by atoms with E-state index in [1.165, 1.54) is 42.6 Å². The second kappa shape index (κ2) is 19.6. The maximum absolute atomic E-state index is 14.0. The number of carbonyl (C=O) groups excluding carboxylic acids is 2. The highest BCUT2D eigenvalue weighted by Crippen LogP contribution is 2.72. The number of aliphatic hydroxyl groups is 1. The summed E-state index contributed by atoms with van der Waals surface area (Å²) in [6, 6.07) is 7.58. The van der Waals surface area contributed by atoms with Crippen molar-refractivity contribution < 1.29 is 28.3 Å². The van der Waals surface area contributed by atoms with Crippen LogP contribution in [0, 0.1) is 58.7 Å². The fourth-order valence-electron chi connectivity index (χ4n) is 12.7. The Labute approximate surface area is 369 Å². The summed E-state index contributed by atoms with van der Waals surface area (Å²) < 4.78 is 18.9. The Morgan fingerprint density at radius 2 is 1.72 bits per heavy atom. The number of aromatic nitrogens is 2. The summed E-state index contributed by atoms with van der Waals surface area (Å²) in [5.41, 5.74) is 1.94. The zero-order chi connectivity index (χ0) is 44.2. The first kappa shape index (κ1) is 48.0. The van der Waals surface area contributed by atoms with Crippen LogP contribution >= 0.6 is 22.9 Å². The molecule has 8 rings (SSSR count). The molecule has 0 aliphatic heterocycles. The van der Waals surface area contributed by atoms with E-state index in [1.807, 2.05) is 58.9 Å². The molecule has 332 valence electrons. The summed E-state index contributed by atoms with van der Waals surface area (Å²) in [6.07, 6.45) is 16.1. The van der Waals surface area contributed by atoms with E-state index in [-0.39, 0.29) is 28.6 Å². The molecule has 5 aliphatic rings. The van der Waals surface area contributed by atoms with Crippen LogP contribution in [0.2, 0.25) is 4.34 Å². The van der Waals surface area contributed by atoms with Gasteiger partial charge in [-0.05, 0) is 153 Å². The summed E-state index contributed by atoms with van der Waals surface area (Å²) in [7, 11) is 1.00. The second-order valence-electron chi connectivity index (χ2n) is 19.4. The van der Waals surface area contributed by atoms with Crippen LogP contribution in [-0.4, -0.2) is 40.6 Å². The summed E-state index contributed by atoms with van der Waals surface area (Å²) in [5.74, 6) is 6.13. The summed E-state index contributed by atoms with van der Waals surface area (Å²) in [5, 5.41) is 16.2. The van der Waals surface area contributed by atoms with Gasteiger partial charge in [-0.25, -0.2) is 0 Å². The van der Waals surface area contributed by atoms with E-state index >= 15 is 0 Å². The SMILES string of the molecule is CC.CCC=C(CC(C)(C)C=O)OC1CCC2(C)C(CCC3(C)C4CCC5(c6nnc(-c7ccc(Cl)s7)o6)CC(=O)C(C(C)C)=C5C4CCC32)C1C.CO.Cc1ccco1. The van der Waals surface area contributed by atoms with Crippen LogP contribution in [0.15, 0.2) is 62.3 Å². The van der Waals surface area contributed by atoms with Crippen LogP contribution in [0.1, 0.15) is 152 Å². The molecule has 60 heavy (non-hydrogen) atoms. The van der Waals surface area contributed by atoms with Gasteiger partial charge in [-0.1, -0.05) is 80.8 Å². The van der Waals surface area contributed by atoms with Crippen molar-refractivity contribution in [3.8, 4) is 10.8 Å². The number of aliphatic hydroxyl groups excluding tert-OH is 1. The van der Waals surface area contributed by atoms with Gasteiger partial charge < -0.3 is 23.5 Å². The molecule has 0 bridgehead atoms. The number of ether oxygens (including phenoxy) is 1. The van der Waals surface area contributed by atoms with Crippen molar-refractivity contribution in [1.82, 2.24) is 10.2 Å². The largest absolute Gasteiger partial charge is 0.495 e. The van der Waals surface area contributed by atoms with E-state index in [2.05, 4.69) is 57.8 Å². The Balaban J connectivity index is 0.000000613. The number of aldehydes is 1. The van der Waals surface area contributed by atoms with E-state index < -0.39 is 10.8 Å². The van der Waals surface area contributed by atoms with E-state index in [0.717, 1.165) is 67.5 Å². The molecule has 0 amide bonds. The second-order valence-corrected chi connectivity index (χ2v) is 21.1. The van der Waals surface area contributed by atoms with Crippen molar-refractivity contribution in [2.75, 3.05) is 7.11 Å². The first-order valence-electron chi connectivity index (χ1n) is 22.7. The standard InChI is InChI=1S/C42H57ClN2O4S.C5H6O.C2H6.CH4O/c1-9-10-26(21-39(5,6)23-46)48-31-17-19-40(7)28(25(31)4)15-18-41(8)29-16-20-42(38-45-44-37(49-38)32-12-14-34(43)50-32)22-30(47)35(24(2)3)36(42)27(29)11-13-33(40)41;1-5-3-2-4-6-5;2*1-2/h10,12,14,23-25,27-29,31,33H,9,11,13,15-22H2,1-8H3;2-4H,1H3;1-2H3;2H,1H3. The molecule has 9 unspecified atom stereocenters. The lowest BCUT2D eigenvalue weighted by Crippen LogP contribution is -2.60. The number of allylic oxidation sites excluding steroid dienone is 4.